The Balaban J connectivity index is 2.11. The molecule has 1 saturated heterocycles. The van der Waals surface area contributed by atoms with Crippen LogP contribution >= 0.6 is 0 Å². The summed E-state index contributed by atoms with van der Waals surface area (Å²) in [5.41, 5.74) is 1.23. The second-order valence-corrected chi connectivity index (χ2v) is 4.27. The van der Waals surface area contributed by atoms with Crippen LogP contribution in [-0.4, -0.2) is 37.2 Å². The molecule has 0 aromatic heterocycles. The standard InChI is InChI=1S/C12H19NO3/c1-10(14)16-12-5-3-2-4-11(12)13-6-8-15-9-7-13/h2-9H2,1H3. The van der Waals surface area contributed by atoms with Crippen LogP contribution in [0.5, 0.6) is 0 Å². The van der Waals surface area contributed by atoms with Gasteiger partial charge in [0.25, 0.3) is 0 Å². The number of carbonyl (C=O) groups is 1. The summed E-state index contributed by atoms with van der Waals surface area (Å²) in [5, 5.41) is 0. The summed E-state index contributed by atoms with van der Waals surface area (Å²) in [4.78, 5) is 13.3. The lowest BCUT2D eigenvalue weighted by atomic mass is 10.0. The molecule has 4 nitrogen and oxygen atoms in total. The van der Waals surface area contributed by atoms with Crippen LogP contribution < -0.4 is 0 Å². The van der Waals surface area contributed by atoms with Gasteiger partial charge in [-0.1, -0.05) is 0 Å². The zero-order valence-electron chi connectivity index (χ0n) is 9.83. The number of rotatable bonds is 2. The first kappa shape index (κ1) is 11.5. The molecule has 16 heavy (non-hydrogen) atoms. The molecule has 0 N–H and O–H groups in total. The highest BCUT2D eigenvalue weighted by molar-refractivity contribution is 5.67. The average molecular weight is 225 g/mol. The van der Waals surface area contributed by atoms with Crippen molar-refractivity contribution in [2.75, 3.05) is 26.3 Å². The Labute approximate surface area is 96.2 Å². The molecule has 0 spiro atoms. The third-order valence-corrected chi connectivity index (χ3v) is 3.05. The first-order chi connectivity index (χ1) is 7.77. The fourth-order valence-electron chi connectivity index (χ4n) is 2.31. The Morgan fingerprint density at radius 2 is 1.94 bits per heavy atom. The lowest BCUT2D eigenvalue weighted by Gasteiger charge is -2.34. The highest BCUT2D eigenvalue weighted by Gasteiger charge is 2.22. The largest absolute Gasteiger partial charge is 0.429 e. The third kappa shape index (κ3) is 2.76. The second kappa shape index (κ2) is 5.34. The minimum absolute atomic E-state index is 0.206. The first-order valence-electron chi connectivity index (χ1n) is 6.00. The van der Waals surface area contributed by atoms with E-state index in [1.54, 1.807) is 0 Å². The Kier molecular flexibility index (Phi) is 3.83. The maximum absolute atomic E-state index is 11.0. The van der Waals surface area contributed by atoms with Crippen molar-refractivity contribution >= 4 is 5.97 Å². The zero-order valence-corrected chi connectivity index (χ0v) is 9.83. The van der Waals surface area contributed by atoms with E-state index < -0.39 is 0 Å². The molecule has 0 unspecified atom stereocenters. The van der Waals surface area contributed by atoms with Gasteiger partial charge in [-0.15, -0.1) is 0 Å². The topological polar surface area (TPSA) is 38.8 Å². The van der Waals surface area contributed by atoms with Gasteiger partial charge in [-0.25, -0.2) is 0 Å². The number of hydrogen-bond acceptors (Lipinski definition) is 4. The number of esters is 1. The van der Waals surface area contributed by atoms with Crippen LogP contribution in [0.1, 0.15) is 32.6 Å². The molecule has 2 rings (SSSR count). The minimum atomic E-state index is -0.206. The maximum Gasteiger partial charge on any atom is 0.307 e. The Morgan fingerprint density at radius 3 is 2.62 bits per heavy atom. The van der Waals surface area contributed by atoms with Crippen molar-refractivity contribution in [3.8, 4) is 0 Å². The SMILES string of the molecule is CC(=O)OC1=C(N2CCOCC2)CCCC1. The van der Waals surface area contributed by atoms with Crippen LogP contribution in [-0.2, 0) is 14.3 Å². The summed E-state index contributed by atoms with van der Waals surface area (Å²) in [6.07, 6.45) is 4.24. The third-order valence-electron chi connectivity index (χ3n) is 3.05. The molecule has 0 saturated carbocycles. The quantitative estimate of drug-likeness (QED) is 0.670. The predicted octanol–water partition coefficient (Wildman–Crippen LogP) is 1.67. The van der Waals surface area contributed by atoms with Crippen molar-refractivity contribution in [3.63, 3.8) is 0 Å². The van der Waals surface area contributed by atoms with Gasteiger partial charge in [0, 0.05) is 26.4 Å². The fourth-order valence-corrected chi connectivity index (χ4v) is 2.31. The van der Waals surface area contributed by atoms with Gasteiger partial charge < -0.3 is 14.4 Å². The number of hydrogen-bond donors (Lipinski definition) is 0. The summed E-state index contributed by atoms with van der Waals surface area (Å²) in [7, 11) is 0. The van der Waals surface area contributed by atoms with Gasteiger partial charge in [0.2, 0.25) is 0 Å². The molecule has 1 fully saturated rings. The molecule has 0 radical (unpaired) electrons. The summed E-state index contributed by atoms with van der Waals surface area (Å²) in [5.74, 6) is 0.684. The average Bonchev–Trinajstić information content (AvgIpc) is 2.30. The summed E-state index contributed by atoms with van der Waals surface area (Å²) in [6, 6.07) is 0. The molecule has 0 atom stereocenters. The van der Waals surface area contributed by atoms with Gasteiger partial charge in [0.05, 0.1) is 18.9 Å². The Bertz CT molecular complexity index is 293. The number of allylic oxidation sites excluding steroid dienone is 2. The first-order valence-corrected chi connectivity index (χ1v) is 6.00. The highest BCUT2D eigenvalue weighted by Crippen LogP contribution is 2.28. The van der Waals surface area contributed by atoms with Gasteiger partial charge in [-0.2, -0.15) is 0 Å². The lowest BCUT2D eigenvalue weighted by molar-refractivity contribution is -0.137. The van der Waals surface area contributed by atoms with E-state index in [4.69, 9.17) is 9.47 Å². The van der Waals surface area contributed by atoms with Crippen LogP contribution in [0.3, 0.4) is 0 Å². The minimum Gasteiger partial charge on any atom is -0.429 e. The monoisotopic (exact) mass is 225 g/mol. The summed E-state index contributed by atoms with van der Waals surface area (Å²) >= 11 is 0. The van der Waals surface area contributed by atoms with Gasteiger partial charge >= 0.3 is 5.97 Å². The van der Waals surface area contributed by atoms with Crippen molar-refractivity contribution in [1.29, 1.82) is 0 Å². The van der Waals surface area contributed by atoms with Gasteiger partial charge in [0.1, 0.15) is 5.76 Å². The van der Waals surface area contributed by atoms with E-state index in [1.165, 1.54) is 19.0 Å². The van der Waals surface area contributed by atoms with Crippen LogP contribution in [0.2, 0.25) is 0 Å². The summed E-state index contributed by atoms with van der Waals surface area (Å²) in [6.45, 7) is 4.85. The van der Waals surface area contributed by atoms with Gasteiger partial charge in [-0.05, 0) is 19.3 Å². The Morgan fingerprint density at radius 1 is 1.25 bits per heavy atom. The summed E-state index contributed by atoms with van der Waals surface area (Å²) < 4.78 is 10.7. The lowest BCUT2D eigenvalue weighted by Crippen LogP contribution is -2.37. The zero-order chi connectivity index (χ0) is 11.4. The van der Waals surface area contributed by atoms with E-state index in [2.05, 4.69) is 4.90 Å². The van der Waals surface area contributed by atoms with E-state index in [-0.39, 0.29) is 5.97 Å². The van der Waals surface area contributed by atoms with Crippen LogP contribution in [0.4, 0.5) is 0 Å². The molecule has 1 aliphatic heterocycles. The normalized spacial score (nSPS) is 22.2. The molecule has 1 heterocycles. The van der Waals surface area contributed by atoms with Crippen molar-refractivity contribution in [3.05, 3.63) is 11.5 Å². The number of ether oxygens (including phenoxy) is 2. The van der Waals surface area contributed by atoms with Crippen LogP contribution in [0, 0.1) is 0 Å². The van der Waals surface area contributed by atoms with E-state index >= 15 is 0 Å². The second-order valence-electron chi connectivity index (χ2n) is 4.27. The number of nitrogens with zero attached hydrogens (tertiary/aromatic N) is 1. The van der Waals surface area contributed by atoms with E-state index in [9.17, 15) is 4.79 Å². The van der Waals surface area contributed by atoms with Crippen LogP contribution in [0.15, 0.2) is 11.5 Å². The molecule has 0 bridgehead atoms. The highest BCUT2D eigenvalue weighted by atomic mass is 16.5. The van der Waals surface area contributed by atoms with Crippen molar-refractivity contribution in [2.24, 2.45) is 0 Å². The van der Waals surface area contributed by atoms with Crippen molar-refractivity contribution in [1.82, 2.24) is 4.90 Å². The van der Waals surface area contributed by atoms with Crippen molar-refractivity contribution < 1.29 is 14.3 Å². The number of morpholine rings is 1. The maximum atomic E-state index is 11.0. The molecule has 4 heteroatoms. The van der Waals surface area contributed by atoms with Crippen LogP contribution in [0.25, 0.3) is 0 Å². The molecular weight excluding hydrogens is 206 g/mol. The molecule has 1 aliphatic carbocycles. The van der Waals surface area contributed by atoms with Gasteiger partial charge in [-0.3, -0.25) is 4.79 Å². The number of carbonyl (C=O) groups excluding carboxylic acids is 1. The molecule has 90 valence electrons. The molecule has 0 aromatic carbocycles. The molecular formula is C12H19NO3. The molecule has 0 aromatic rings. The molecule has 0 amide bonds. The van der Waals surface area contributed by atoms with Gasteiger partial charge in [0.15, 0.2) is 0 Å². The molecule has 2 aliphatic rings. The Hall–Kier alpha value is -1.03. The smallest absolute Gasteiger partial charge is 0.307 e. The van der Waals surface area contributed by atoms with E-state index in [0.29, 0.717) is 0 Å². The van der Waals surface area contributed by atoms with Crippen molar-refractivity contribution in [2.45, 2.75) is 32.6 Å². The van der Waals surface area contributed by atoms with E-state index in [0.717, 1.165) is 51.3 Å². The fraction of sp³-hybridized carbons (Fsp3) is 0.750. The predicted molar refractivity (Wildman–Crippen MR) is 59.7 cm³/mol. The van der Waals surface area contributed by atoms with E-state index in [1.807, 2.05) is 0 Å².